The Morgan fingerprint density at radius 1 is 1.09 bits per heavy atom. The van der Waals surface area contributed by atoms with E-state index in [1.807, 2.05) is 24.3 Å². The predicted molar refractivity (Wildman–Crippen MR) is 50.4 cm³/mol. The Hall–Kier alpha value is -0.400. The number of benzene rings is 1. The van der Waals surface area contributed by atoms with Crippen molar-refractivity contribution in [1.29, 1.82) is 0 Å². The zero-order chi connectivity index (χ0) is 7.68. The number of fused-ring (bicyclic) bond motifs is 1. The quantitative estimate of drug-likeness (QED) is 0.590. The molecule has 0 amide bonds. The summed E-state index contributed by atoms with van der Waals surface area (Å²) < 4.78 is 0.837. The van der Waals surface area contributed by atoms with Gasteiger partial charge < -0.3 is 0 Å². The topological polar surface area (TPSA) is 0 Å². The number of halogens is 1. The molecule has 0 atom stereocenters. The maximum Gasteiger partial charge on any atom is 0.145 e. The first-order chi connectivity index (χ1) is 5.36. The zero-order valence-electron chi connectivity index (χ0n) is 5.75. The standard InChI is InChI=1S/C9H6ClS/c10-9-6-5-7-3-1-2-4-8(7)11-9/h1-6H. The smallest absolute Gasteiger partial charge is 0.0990 e. The van der Waals surface area contributed by atoms with Gasteiger partial charge in [-0.2, -0.15) is 0 Å². The first kappa shape index (κ1) is 7.26. The molecule has 0 fully saturated rings. The highest BCUT2D eigenvalue weighted by Gasteiger charge is 2.10. The van der Waals surface area contributed by atoms with Gasteiger partial charge in [0.2, 0.25) is 0 Å². The van der Waals surface area contributed by atoms with Crippen LogP contribution in [0.3, 0.4) is 0 Å². The number of rotatable bonds is 0. The van der Waals surface area contributed by atoms with Crippen LogP contribution in [-0.2, 0) is 0 Å². The average molecular weight is 182 g/mol. The summed E-state index contributed by atoms with van der Waals surface area (Å²) in [5.41, 5.74) is 1.25. The van der Waals surface area contributed by atoms with Gasteiger partial charge in [-0.1, -0.05) is 47.6 Å². The van der Waals surface area contributed by atoms with E-state index in [4.69, 9.17) is 11.6 Å². The zero-order valence-corrected chi connectivity index (χ0v) is 7.32. The lowest BCUT2D eigenvalue weighted by atomic mass is 10.2. The van der Waals surface area contributed by atoms with Gasteiger partial charge in [-0.15, -0.1) is 0 Å². The third-order valence-corrected chi connectivity index (χ3v) is 2.80. The van der Waals surface area contributed by atoms with Gasteiger partial charge in [0.25, 0.3) is 0 Å². The first-order valence-corrected chi connectivity index (χ1v) is 4.53. The third-order valence-electron chi connectivity index (χ3n) is 1.52. The van der Waals surface area contributed by atoms with Gasteiger partial charge in [-0.3, -0.25) is 0 Å². The van der Waals surface area contributed by atoms with Crippen molar-refractivity contribution in [2.24, 2.45) is 0 Å². The van der Waals surface area contributed by atoms with E-state index in [0.29, 0.717) is 0 Å². The highest BCUT2D eigenvalue weighted by atomic mass is 35.5. The Bertz CT molecular complexity index is 293. The van der Waals surface area contributed by atoms with Gasteiger partial charge in [0.05, 0.1) is 0 Å². The van der Waals surface area contributed by atoms with E-state index in [0.717, 1.165) is 4.71 Å². The van der Waals surface area contributed by atoms with E-state index in [9.17, 15) is 0 Å². The Kier molecular flexibility index (Phi) is 1.93. The molecule has 0 bridgehead atoms. The summed E-state index contributed by atoms with van der Waals surface area (Å²) in [6, 6.07) is 8.21. The summed E-state index contributed by atoms with van der Waals surface area (Å²) >= 11 is 7.44. The predicted octanol–water partition coefficient (Wildman–Crippen LogP) is 3.53. The molecule has 0 N–H and O–H groups in total. The van der Waals surface area contributed by atoms with Crippen molar-refractivity contribution in [1.82, 2.24) is 0 Å². The fourth-order valence-corrected chi connectivity index (χ4v) is 2.06. The average Bonchev–Trinajstić information content (AvgIpc) is 2.04. The lowest BCUT2D eigenvalue weighted by molar-refractivity contribution is 1.41. The van der Waals surface area contributed by atoms with Crippen LogP contribution in [0, 0.1) is 4.71 Å². The molecule has 0 spiro atoms. The fraction of sp³-hybridized carbons (Fsp3) is 0. The number of hydrogen-bond acceptors (Lipinski definition) is 1. The Morgan fingerprint density at radius 2 is 1.91 bits per heavy atom. The SMILES string of the molecule is Cl[C]1C=Cc2ccccc2S1. The molecule has 1 aromatic carbocycles. The molecule has 55 valence electrons. The lowest BCUT2D eigenvalue weighted by Crippen LogP contribution is -1.86. The summed E-state index contributed by atoms with van der Waals surface area (Å²) in [5, 5.41) is 0. The molecule has 2 heteroatoms. The summed E-state index contributed by atoms with van der Waals surface area (Å²) in [6.45, 7) is 0. The highest BCUT2D eigenvalue weighted by molar-refractivity contribution is 8.03. The largest absolute Gasteiger partial charge is 0.145 e. The van der Waals surface area contributed by atoms with Gasteiger partial charge in [0.1, 0.15) is 4.71 Å². The molecule has 0 saturated heterocycles. The molecule has 1 radical (unpaired) electrons. The van der Waals surface area contributed by atoms with E-state index in [-0.39, 0.29) is 0 Å². The number of hydrogen-bond donors (Lipinski definition) is 0. The van der Waals surface area contributed by atoms with Crippen LogP contribution in [0.25, 0.3) is 6.08 Å². The van der Waals surface area contributed by atoms with Crippen LogP contribution in [0.5, 0.6) is 0 Å². The normalized spacial score (nSPS) is 16.5. The van der Waals surface area contributed by atoms with E-state index in [1.54, 1.807) is 11.8 Å². The Labute approximate surface area is 75.3 Å². The van der Waals surface area contributed by atoms with Crippen LogP contribution >= 0.6 is 23.4 Å². The van der Waals surface area contributed by atoms with Gasteiger partial charge >= 0.3 is 0 Å². The molecule has 0 nitrogen and oxygen atoms in total. The van der Waals surface area contributed by atoms with Crippen LogP contribution in [0.1, 0.15) is 5.56 Å². The summed E-state index contributed by atoms with van der Waals surface area (Å²) in [6.07, 6.45) is 3.96. The summed E-state index contributed by atoms with van der Waals surface area (Å²) in [7, 11) is 0. The molecule has 2 rings (SSSR count). The van der Waals surface area contributed by atoms with Crippen molar-refractivity contribution >= 4 is 29.4 Å². The highest BCUT2D eigenvalue weighted by Crippen LogP contribution is 2.39. The molecule has 11 heavy (non-hydrogen) atoms. The molecular formula is C9H6ClS. The van der Waals surface area contributed by atoms with Gasteiger partial charge in [0, 0.05) is 4.90 Å². The van der Waals surface area contributed by atoms with Crippen LogP contribution in [0.4, 0.5) is 0 Å². The maximum absolute atomic E-state index is 5.84. The molecular weight excluding hydrogens is 176 g/mol. The third kappa shape index (κ3) is 1.44. The molecule has 1 aliphatic rings. The second kappa shape index (κ2) is 2.92. The van der Waals surface area contributed by atoms with Crippen molar-refractivity contribution in [3.05, 3.63) is 40.6 Å². The molecule has 1 heterocycles. The maximum atomic E-state index is 5.84. The molecule has 1 aliphatic heterocycles. The van der Waals surface area contributed by atoms with Crippen molar-refractivity contribution in [3.8, 4) is 0 Å². The van der Waals surface area contributed by atoms with Gasteiger partial charge in [0.15, 0.2) is 0 Å². The van der Waals surface area contributed by atoms with Crippen LogP contribution in [0.15, 0.2) is 35.2 Å². The van der Waals surface area contributed by atoms with Crippen LogP contribution in [-0.4, -0.2) is 0 Å². The van der Waals surface area contributed by atoms with E-state index in [1.165, 1.54) is 10.5 Å². The minimum absolute atomic E-state index is 0.837. The lowest BCUT2D eigenvalue weighted by Gasteiger charge is -2.11. The summed E-state index contributed by atoms with van der Waals surface area (Å²) in [4.78, 5) is 1.24. The number of thioether (sulfide) groups is 1. The van der Waals surface area contributed by atoms with Crippen molar-refractivity contribution in [2.75, 3.05) is 0 Å². The second-order valence-corrected chi connectivity index (χ2v) is 3.99. The van der Waals surface area contributed by atoms with E-state index < -0.39 is 0 Å². The first-order valence-electron chi connectivity index (χ1n) is 3.34. The summed E-state index contributed by atoms with van der Waals surface area (Å²) in [5.74, 6) is 0. The minimum Gasteiger partial charge on any atom is -0.0990 e. The van der Waals surface area contributed by atoms with Gasteiger partial charge in [-0.05, 0) is 17.7 Å². The van der Waals surface area contributed by atoms with E-state index in [2.05, 4.69) is 12.1 Å². The van der Waals surface area contributed by atoms with Crippen molar-refractivity contribution in [2.45, 2.75) is 4.90 Å². The van der Waals surface area contributed by atoms with Crippen LogP contribution in [0.2, 0.25) is 0 Å². The monoisotopic (exact) mass is 181 g/mol. The van der Waals surface area contributed by atoms with Crippen LogP contribution < -0.4 is 0 Å². The van der Waals surface area contributed by atoms with Crippen molar-refractivity contribution in [3.63, 3.8) is 0 Å². The van der Waals surface area contributed by atoms with Gasteiger partial charge in [-0.25, -0.2) is 0 Å². The Balaban J connectivity index is 2.46. The van der Waals surface area contributed by atoms with Crippen molar-refractivity contribution < 1.29 is 0 Å². The molecule has 0 aromatic heterocycles. The molecule has 0 saturated carbocycles. The van der Waals surface area contributed by atoms with E-state index >= 15 is 0 Å². The second-order valence-electron chi connectivity index (χ2n) is 2.28. The molecule has 0 aliphatic carbocycles. The molecule has 1 aromatic rings. The minimum atomic E-state index is 0.837. The molecule has 0 unspecified atom stereocenters. The fourth-order valence-electron chi connectivity index (χ4n) is 1.01. The Morgan fingerprint density at radius 3 is 2.82 bits per heavy atom.